The Kier molecular flexibility index (Phi) is 4.61. The average Bonchev–Trinajstić information content (AvgIpc) is 3.49. The second kappa shape index (κ2) is 7.68. The highest BCUT2D eigenvalue weighted by Gasteiger charge is 2.38. The summed E-state index contributed by atoms with van der Waals surface area (Å²) >= 11 is 1.49. The monoisotopic (exact) mass is 485 g/mol. The Balaban J connectivity index is 1.63. The fourth-order valence-corrected chi connectivity index (χ4v) is 6.88. The number of nitrogens with zero attached hydrogens (tertiary/aromatic N) is 1. The van der Waals surface area contributed by atoms with Crippen LogP contribution in [0.2, 0.25) is 0 Å². The predicted molar refractivity (Wildman–Crippen MR) is 151 cm³/mol. The molecule has 0 unspecified atom stereocenters. The van der Waals surface area contributed by atoms with E-state index >= 15 is 0 Å². The first-order chi connectivity index (χ1) is 17.4. The van der Waals surface area contributed by atoms with Crippen LogP contribution in [0.15, 0.2) is 97.1 Å². The number of hydrogen-bond donors (Lipinski definition) is 2. The third-order valence-electron chi connectivity index (χ3n) is 7.54. The maximum Gasteiger partial charge on any atom is 0.499 e. The molecule has 0 saturated heterocycles. The molecule has 3 nitrogen and oxygen atoms in total. The first kappa shape index (κ1) is 21.6. The number of rotatable bonds is 3. The van der Waals surface area contributed by atoms with Gasteiger partial charge in [-0.3, -0.25) is 0 Å². The van der Waals surface area contributed by atoms with Crippen LogP contribution in [0.1, 0.15) is 24.3 Å². The van der Waals surface area contributed by atoms with Gasteiger partial charge >= 0.3 is 7.12 Å². The molecular weight excluding hydrogens is 461 g/mol. The van der Waals surface area contributed by atoms with Gasteiger partial charge in [0.05, 0.1) is 16.7 Å². The van der Waals surface area contributed by atoms with Crippen molar-refractivity contribution in [1.29, 1.82) is 0 Å². The van der Waals surface area contributed by atoms with Crippen LogP contribution in [0.4, 0.5) is 0 Å². The highest BCUT2D eigenvalue weighted by atomic mass is 32.1. The van der Waals surface area contributed by atoms with E-state index in [0.717, 1.165) is 16.1 Å². The third kappa shape index (κ3) is 3.00. The quantitative estimate of drug-likeness (QED) is 0.281. The van der Waals surface area contributed by atoms with Crippen LogP contribution >= 0.6 is 11.3 Å². The first-order valence-corrected chi connectivity index (χ1v) is 13.0. The fraction of sp³-hybridized carbons (Fsp3) is 0.0968. The summed E-state index contributed by atoms with van der Waals surface area (Å²) in [4.78, 5) is 1.15. The molecule has 0 saturated carbocycles. The van der Waals surface area contributed by atoms with Crippen molar-refractivity contribution >= 4 is 45.0 Å². The van der Waals surface area contributed by atoms with E-state index in [0.29, 0.717) is 4.78 Å². The van der Waals surface area contributed by atoms with Gasteiger partial charge in [-0.1, -0.05) is 80.6 Å². The van der Waals surface area contributed by atoms with E-state index in [1.165, 1.54) is 55.4 Å². The van der Waals surface area contributed by atoms with Gasteiger partial charge in [0.15, 0.2) is 0 Å². The summed E-state index contributed by atoms with van der Waals surface area (Å²) in [5.74, 6) is 0. The SMILES string of the molecule is CC1(C)c2sc(B(O)O)cc2-n2c3ccc(-c4ccccc4)cc3c3cc(-c4ccccc4)cc1c32. The van der Waals surface area contributed by atoms with Crippen LogP contribution in [0.25, 0.3) is 49.7 Å². The van der Waals surface area contributed by atoms with Gasteiger partial charge in [-0.15, -0.1) is 11.3 Å². The van der Waals surface area contributed by atoms with Crippen molar-refractivity contribution in [3.8, 4) is 27.9 Å². The van der Waals surface area contributed by atoms with E-state index in [1.807, 2.05) is 18.2 Å². The molecule has 7 rings (SSSR count). The maximum absolute atomic E-state index is 10.0. The molecule has 0 bridgehead atoms. The standard InChI is InChI=1S/C31H24BNO2S/c1-31(2)25-17-22(20-11-7-4-8-12-20)16-24-23-15-21(19-9-5-3-6-10-19)13-14-26(23)33(29(24)25)27-18-28(32(34)35)36-30(27)31/h3-18,34-35H,1-2H3. The summed E-state index contributed by atoms with van der Waals surface area (Å²) in [6.07, 6.45) is 0. The molecule has 0 amide bonds. The van der Waals surface area contributed by atoms with Gasteiger partial charge in [0.2, 0.25) is 0 Å². The van der Waals surface area contributed by atoms with E-state index in [2.05, 4.69) is 97.3 Å². The Hall–Kier alpha value is -3.64. The molecule has 0 aliphatic carbocycles. The molecule has 0 radical (unpaired) electrons. The van der Waals surface area contributed by atoms with Gasteiger partial charge in [0.1, 0.15) is 0 Å². The number of fused-ring (bicyclic) bond motifs is 5. The minimum absolute atomic E-state index is 0.289. The van der Waals surface area contributed by atoms with Crippen molar-refractivity contribution in [2.24, 2.45) is 0 Å². The molecule has 2 N–H and O–H groups in total. The lowest BCUT2D eigenvalue weighted by atomic mass is 9.78. The molecule has 36 heavy (non-hydrogen) atoms. The van der Waals surface area contributed by atoms with Crippen LogP contribution in [0.3, 0.4) is 0 Å². The Labute approximate surface area is 214 Å². The average molecular weight is 485 g/mol. The summed E-state index contributed by atoms with van der Waals surface area (Å²) in [6.45, 7) is 4.49. The van der Waals surface area contributed by atoms with E-state index in [1.54, 1.807) is 0 Å². The van der Waals surface area contributed by atoms with Crippen molar-refractivity contribution in [3.63, 3.8) is 0 Å². The van der Waals surface area contributed by atoms with Crippen LogP contribution in [0.5, 0.6) is 0 Å². The zero-order chi connectivity index (χ0) is 24.6. The lowest BCUT2D eigenvalue weighted by Crippen LogP contribution is -2.26. The number of aromatic nitrogens is 1. The van der Waals surface area contributed by atoms with Crippen LogP contribution in [-0.4, -0.2) is 21.7 Å². The van der Waals surface area contributed by atoms with Gasteiger partial charge in [-0.2, -0.15) is 0 Å². The minimum Gasteiger partial charge on any atom is -0.423 e. The maximum atomic E-state index is 10.0. The Morgan fingerprint density at radius 1 is 0.694 bits per heavy atom. The Bertz CT molecular complexity index is 1780. The zero-order valence-electron chi connectivity index (χ0n) is 20.1. The van der Waals surface area contributed by atoms with Crippen molar-refractivity contribution in [3.05, 3.63) is 108 Å². The van der Waals surface area contributed by atoms with Gasteiger partial charge in [-0.25, -0.2) is 0 Å². The normalized spacial score (nSPS) is 13.8. The molecular formula is C31H24BNO2S. The molecule has 3 heterocycles. The zero-order valence-corrected chi connectivity index (χ0v) is 20.9. The molecule has 1 aliphatic heterocycles. The summed E-state index contributed by atoms with van der Waals surface area (Å²) in [5, 5.41) is 22.5. The van der Waals surface area contributed by atoms with Crippen molar-refractivity contribution < 1.29 is 10.0 Å². The van der Waals surface area contributed by atoms with Gasteiger partial charge in [0.25, 0.3) is 0 Å². The topological polar surface area (TPSA) is 45.4 Å². The fourth-order valence-electron chi connectivity index (χ4n) is 5.75. The molecule has 0 atom stereocenters. The highest BCUT2D eigenvalue weighted by Crippen LogP contribution is 2.50. The molecule has 6 aromatic rings. The van der Waals surface area contributed by atoms with E-state index in [-0.39, 0.29) is 5.41 Å². The first-order valence-electron chi connectivity index (χ1n) is 12.2. The number of benzene rings is 4. The van der Waals surface area contributed by atoms with Crippen LogP contribution in [-0.2, 0) is 5.41 Å². The number of thiophene rings is 1. The predicted octanol–water partition coefficient (Wildman–Crippen LogP) is 6.50. The second-order valence-electron chi connectivity index (χ2n) is 10.1. The van der Waals surface area contributed by atoms with Crippen LogP contribution in [0, 0.1) is 0 Å². The summed E-state index contributed by atoms with van der Waals surface area (Å²) in [7, 11) is -1.48. The molecule has 174 valence electrons. The summed E-state index contributed by atoms with van der Waals surface area (Å²) in [5.41, 5.74) is 9.09. The van der Waals surface area contributed by atoms with Crippen molar-refractivity contribution in [2.45, 2.75) is 19.3 Å². The van der Waals surface area contributed by atoms with Gasteiger partial charge in [0, 0.05) is 25.8 Å². The third-order valence-corrected chi connectivity index (χ3v) is 9.03. The highest BCUT2D eigenvalue weighted by molar-refractivity contribution is 7.22. The molecule has 0 spiro atoms. The van der Waals surface area contributed by atoms with E-state index in [9.17, 15) is 10.0 Å². The van der Waals surface area contributed by atoms with Crippen molar-refractivity contribution in [2.75, 3.05) is 0 Å². The van der Waals surface area contributed by atoms with Crippen LogP contribution < -0.4 is 4.78 Å². The van der Waals surface area contributed by atoms with E-state index in [4.69, 9.17) is 0 Å². The van der Waals surface area contributed by atoms with Gasteiger partial charge in [-0.05, 0) is 58.1 Å². The summed E-state index contributed by atoms with van der Waals surface area (Å²) < 4.78 is 2.90. The smallest absolute Gasteiger partial charge is 0.423 e. The molecule has 1 aliphatic rings. The molecule has 0 fully saturated rings. The molecule has 4 aromatic carbocycles. The minimum atomic E-state index is -1.48. The second-order valence-corrected chi connectivity index (χ2v) is 11.2. The van der Waals surface area contributed by atoms with Crippen molar-refractivity contribution in [1.82, 2.24) is 4.57 Å². The summed E-state index contributed by atoms with van der Waals surface area (Å²) in [6, 6.07) is 34.3. The van der Waals surface area contributed by atoms with E-state index < -0.39 is 7.12 Å². The Morgan fingerprint density at radius 3 is 2.00 bits per heavy atom. The molecule has 2 aromatic heterocycles. The Morgan fingerprint density at radius 2 is 1.33 bits per heavy atom. The van der Waals surface area contributed by atoms with Gasteiger partial charge < -0.3 is 14.6 Å². The largest absolute Gasteiger partial charge is 0.499 e. The lowest BCUT2D eigenvalue weighted by Gasteiger charge is -2.32. The number of hydrogen-bond acceptors (Lipinski definition) is 3. The molecule has 5 heteroatoms. The lowest BCUT2D eigenvalue weighted by molar-refractivity contribution is 0.427.